The first-order valence-corrected chi connectivity index (χ1v) is 12.4. The minimum Gasteiger partial charge on any atom is -0.494 e. The van der Waals surface area contributed by atoms with Crippen molar-refractivity contribution in [2.24, 2.45) is 0 Å². The van der Waals surface area contributed by atoms with E-state index in [1.165, 1.54) is 6.08 Å². The van der Waals surface area contributed by atoms with E-state index in [4.69, 9.17) is 25.5 Å². The summed E-state index contributed by atoms with van der Waals surface area (Å²) in [6.07, 6.45) is 3.14. The first kappa shape index (κ1) is 25.1. The van der Waals surface area contributed by atoms with Crippen molar-refractivity contribution in [1.29, 1.82) is 0 Å². The SMILES string of the molecule is CCOc1ccc2oc(-c3ccccc3)c(C(=O)Oc3cccc(C=CC(=O)c4ccc(Cl)cc4)c3)c2c1. The zero-order valence-electron chi connectivity index (χ0n) is 20.5. The Morgan fingerprint density at radius 2 is 1.66 bits per heavy atom. The molecular weight excluding hydrogens is 500 g/mol. The fourth-order valence-corrected chi connectivity index (χ4v) is 4.18. The van der Waals surface area contributed by atoms with Crippen molar-refractivity contribution in [1.82, 2.24) is 0 Å². The number of benzene rings is 4. The number of hydrogen-bond donors (Lipinski definition) is 0. The Kier molecular flexibility index (Phi) is 7.38. The van der Waals surface area contributed by atoms with E-state index in [1.54, 1.807) is 66.7 Å². The van der Waals surface area contributed by atoms with Gasteiger partial charge >= 0.3 is 5.97 Å². The average Bonchev–Trinajstić information content (AvgIpc) is 3.32. The number of carbonyl (C=O) groups excluding carboxylic acids is 2. The maximum Gasteiger partial charge on any atom is 0.348 e. The number of hydrogen-bond acceptors (Lipinski definition) is 5. The van der Waals surface area contributed by atoms with Crippen molar-refractivity contribution >= 4 is 40.4 Å². The van der Waals surface area contributed by atoms with Crippen molar-refractivity contribution in [2.75, 3.05) is 6.61 Å². The van der Waals surface area contributed by atoms with E-state index in [0.29, 0.717) is 56.5 Å². The summed E-state index contributed by atoms with van der Waals surface area (Å²) in [5, 5.41) is 1.17. The average molecular weight is 523 g/mol. The number of fused-ring (bicyclic) bond motifs is 1. The standard InChI is InChI=1S/C32H23ClO5/c1-2-36-25-16-18-29-27(20-25)30(31(38-29)23-8-4-3-5-9-23)32(35)37-26-10-6-7-21(19-26)11-17-28(34)22-12-14-24(33)15-13-22/h3-20H,2H2,1H3. The van der Waals surface area contributed by atoms with E-state index >= 15 is 0 Å². The van der Waals surface area contributed by atoms with Crippen molar-refractivity contribution in [3.05, 3.63) is 125 Å². The van der Waals surface area contributed by atoms with E-state index in [0.717, 1.165) is 5.56 Å². The molecule has 0 spiro atoms. The Labute approximate surface area is 224 Å². The predicted molar refractivity (Wildman–Crippen MR) is 149 cm³/mol. The van der Waals surface area contributed by atoms with E-state index < -0.39 is 5.97 Å². The molecule has 1 aromatic heterocycles. The summed E-state index contributed by atoms with van der Waals surface area (Å²) in [6.45, 7) is 2.39. The monoisotopic (exact) mass is 522 g/mol. The number of furan rings is 1. The van der Waals surface area contributed by atoms with Gasteiger partial charge in [-0.25, -0.2) is 4.79 Å². The van der Waals surface area contributed by atoms with Crippen LogP contribution in [0.15, 0.2) is 108 Å². The Morgan fingerprint density at radius 1 is 0.868 bits per heavy atom. The molecule has 0 aliphatic heterocycles. The summed E-state index contributed by atoms with van der Waals surface area (Å²) < 4.78 is 17.5. The van der Waals surface area contributed by atoms with Crippen LogP contribution in [0.25, 0.3) is 28.4 Å². The lowest BCUT2D eigenvalue weighted by Crippen LogP contribution is -2.09. The van der Waals surface area contributed by atoms with Gasteiger partial charge in [0.15, 0.2) is 5.78 Å². The molecule has 0 saturated heterocycles. The maximum atomic E-state index is 13.5. The molecule has 0 N–H and O–H groups in total. The Hall–Kier alpha value is -4.61. The topological polar surface area (TPSA) is 65.7 Å². The van der Waals surface area contributed by atoms with Gasteiger partial charge in [-0.1, -0.05) is 60.1 Å². The maximum absolute atomic E-state index is 13.5. The van der Waals surface area contributed by atoms with Crippen LogP contribution in [0.5, 0.6) is 11.5 Å². The van der Waals surface area contributed by atoms with Crippen LogP contribution >= 0.6 is 11.6 Å². The number of allylic oxidation sites excluding steroid dienone is 1. The number of ketones is 1. The molecule has 0 aliphatic carbocycles. The molecule has 4 aromatic carbocycles. The minimum atomic E-state index is -0.561. The van der Waals surface area contributed by atoms with Crippen LogP contribution in [-0.2, 0) is 0 Å². The highest BCUT2D eigenvalue weighted by molar-refractivity contribution is 6.30. The summed E-state index contributed by atoms with van der Waals surface area (Å²) in [7, 11) is 0. The van der Waals surface area contributed by atoms with Gasteiger partial charge in [0.25, 0.3) is 0 Å². The summed E-state index contributed by atoms with van der Waals surface area (Å²) >= 11 is 5.90. The van der Waals surface area contributed by atoms with Gasteiger partial charge in [0, 0.05) is 21.5 Å². The third-order valence-electron chi connectivity index (χ3n) is 5.84. The van der Waals surface area contributed by atoms with Gasteiger partial charge in [-0.2, -0.15) is 0 Å². The molecule has 5 rings (SSSR count). The normalized spacial score (nSPS) is 11.1. The molecule has 0 atom stereocenters. The molecule has 188 valence electrons. The minimum absolute atomic E-state index is 0.161. The van der Waals surface area contributed by atoms with Gasteiger partial charge in [0.1, 0.15) is 28.4 Å². The summed E-state index contributed by atoms with van der Waals surface area (Å²) in [5.74, 6) is 0.669. The highest BCUT2D eigenvalue weighted by Gasteiger charge is 2.24. The molecule has 0 bridgehead atoms. The third kappa shape index (κ3) is 5.53. The van der Waals surface area contributed by atoms with Gasteiger partial charge in [-0.05, 0) is 73.2 Å². The molecule has 0 amide bonds. The van der Waals surface area contributed by atoms with Crippen LogP contribution < -0.4 is 9.47 Å². The molecule has 0 unspecified atom stereocenters. The second kappa shape index (κ2) is 11.2. The molecule has 38 heavy (non-hydrogen) atoms. The summed E-state index contributed by atoms with van der Waals surface area (Å²) in [6, 6.07) is 28.4. The second-order valence-electron chi connectivity index (χ2n) is 8.43. The number of halogens is 1. The number of carbonyl (C=O) groups is 2. The van der Waals surface area contributed by atoms with E-state index in [-0.39, 0.29) is 5.78 Å². The van der Waals surface area contributed by atoms with Gasteiger partial charge in [0.2, 0.25) is 0 Å². The number of rotatable bonds is 8. The van der Waals surface area contributed by atoms with Crippen LogP contribution in [0.4, 0.5) is 0 Å². The lowest BCUT2D eigenvalue weighted by atomic mass is 10.1. The Balaban J connectivity index is 1.44. The van der Waals surface area contributed by atoms with Gasteiger partial charge in [-0.15, -0.1) is 0 Å². The first-order chi connectivity index (χ1) is 18.5. The van der Waals surface area contributed by atoms with Gasteiger partial charge in [0.05, 0.1) is 6.61 Å². The summed E-state index contributed by atoms with van der Waals surface area (Å²) in [5.41, 5.74) is 2.85. The quantitative estimate of drug-likeness (QED) is 0.0887. The third-order valence-corrected chi connectivity index (χ3v) is 6.09. The van der Waals surface area contributed by atoms with Gasteiger partial charge < -0.3 is 13.9 Å². The predicted octanol–water partition coefficient (Wildman–Crippen LogP) is 8.27. The summed E-state index contributed by atoms with van der Waals surface area (Å²) in [4.78, 5) is 26.0. The fourth-order valence-electron chi connectivity index (χ4n) is 4.05. The smallest absolute Gasteiger partial charge is 0.348 e. The molecular formula is C32H23ClO5. The van der Waals surface area contributed by atoms with E-state index in [1.807, 2.05) is 43.3 Å². The molecule has 0 fully saturated rings. The number of esters is 1. The molecule has 1 heterocycles. The van der Waals surface area contributed by atoms with Crippen LogP contribution in [0, 0.1) is 0 Å². The zero-order chi connectivity index (χ0) is 26.5. The van der Waals surface area contributed by atoms with Crippen molar-refractivity contribution in [2.45, 2.75) is 6.92 Å². The molecule has 6 heteroatoms. The van der Waals surface area contributed by atoms with Crippen molar-refractivity contribution in [3.63, 3.8) is 0 Å². The fraction of sp³-hybridized carbons (Fsp3) is 0.0625. The lowest BCUT2D eigenvalue weighted by Gasteiger charge is -2.07. The molecule has 0 radical (unpaired) electrons. The van der Waals surface area contributed by atoms with Crippen LogP contribution in [-0.4, -0.2) is 18.4 Å². The molecule has 5 aromatic rings. The first-order valence-electron chi connectivity index (χ1n) is 12.1. The van der Waals surface area contributed by atoms with E-state index in [9.17, 15) is 9.59 Å². The van der Waals surface area contributed by atoms with Crippen molar-refractivity contribution < 1.29 is 23.5 Å². The highest BCUT2D eigenvalue weighted by Crippen LogP contribution is 2.36. The Morgan fingerprint density at radius 3 is 2.42 bits per heavy atom. The number of ether oxygens (including phenoxy) is 2. The Bertz CT molecular complexity index is 1630. The van der Waals surface area contributed by atoms with Crippen LogP contribution in [0.2, 0.25) is 5.02 Å². The van der Waals surface area contributed by atoms with Crippen molar-refractivity contribution in [3.8, 4) is 22.8 Å². The highest BCUT2D eigenvalue weighted by atomic mass is 35.5. The van der Waals surface area contributed by atoms with Gasteiger partial charge in [-0.3, -0.25) is 4.79 Å². The second-order valence-corrected chi connectivity index (χ2v) is 8.87. The van der Waals surface area contributed by atoms with Crippen LogP contribution in [0.1, 0.15) is 33.2 Å². The largest absolute Gasteiger partial charge is 0.494 e. The van der Waals surface area contributed by atoms with E-state index in [2.05, 4.69) is 0 Å². The molecule has 0 saturated carbocycles. The molecule has 5 nitrogen and oxygen atoms in total. The molecule has 0 aliphatic rings. The van der Waals surface area contributed by atoms with Crippen LogP contribution in [0.3, 0.4) is 0 Å². The lowest BCUT2D eigenvalue weighted by molar-refractivity contribution is 0.0736. The zero-order valence-corrected chi connectivity index (χ0v) is 21.3.